The number of pyridine rings is 1. The van der Waals surface area contributed by atoms with E-state index in [0.717, 1.165) is 25.0 Å². The van der Waals surface area contributed by atoms with E-state index in [1.165, 1.54) is 19.3 Å². The van der Waals surface area contributed by atoms with Crippen LogP contribution in [0.2, 0.25) is 0 Å². The topological polar surface area (TPSA) is 62.2 Å². The first-order chi connectivity index (χ1) is 9.92. The van der Waals surface area contributed by atoms with Crippen LogP contribution in [-0.4, -0.2) is 22.1 Å². The third kappa shape index (κ3) is 3.96. The van der Waals surface area contributed by atoms with Crippen molar-refractivity contribution < 1.29 is 9.90 Å². The lowest BCUT2D eigenvalue weighted by atomic mass is 9.73. The fourth-order valence-corrected chi connectivity index (χ4v) is 3.11. The van der Waals surface area contributed by atoms with E-state index < -0.39 is 5.97 Å². The summed E-state index contributed by atoms with van der Waals surface area (Å²) in [7, 11) is 0. The Bertz CT molecular complexity index is 512. The summed E-state index contributed by atoms with van der Waals surface area (Å²) in [6.45, 7) is 6.63. The summed E-state index contributed by atoms with van der Waals surface area (Å²) in [5.41, 5.74) is 1.41. The molecular formula is C17H26N2O2. The zero-order valence-corrected chi connectivity index (χ0v) is 13.3. The highest BCUT2D eigenvalue weighted by atomic mass is 16.4. The Morgan fingerprint density at radius 3 is 2.81 bits per heavy atom. The van der Waals surface area contributed by atoms with Crippen LogP contribution in [0.1, 0.15) is 68.9 Å². The number of anilines is 1. The minimum Gasteiger partial charge on any atom is -0.478 e. The van der Waals surface area contributed by atoms with Gasteiger partial charge in [0.15, 0.2) is 0 Å². The van der Waals surface area contributed by atoms with E-state index in [0.29, 0.717) is 17.4 Å². The van der Waals surface area contributed by atoms with Crippen LogP contribution in [0.5, 0.6) is 0 Å². The maximum absolute atomic E-state index is 11.3. The van der Waals surface area contributed by atoms with E-state index in [1.807, 2.05) is 0 Å². The lowest BCUT2D eigenvalue weighted by Gasteiger charge is -2.39. The number of aryl methyl sites for hydroxylation is 1. The van der Waals surface area contributed by atoms with Crippen molar-refractivity contribution in [2.24, 2.45) is 5.41 Å². The summed E-state index contributed by atoms with van der Waals surface area (Å²) in [5.74, 6) is -0.181. The predicted molar refractivity (Wildman–Crippen MR) is 84.9 cm³/mol. The van der Waals surface area contributed by atoms with Gasteiger partial charge in [-0.1, -0.05) is 40.0 Å². The highest BCUT2D eigenvalue weighted by Crippen LogP contribution is 2.37. The number of carboxylic acid groups (broad SMARTS) is 1. The van der Waals surface area contributed by atoms with Crippen LogP contribution in [-0.2, 0) is 6.42 Å². The number of hydrogen-bond acceptors (Lipinski definition) is 3. The standard InChI is InChI=1S/C17H26N2O2/c1-4-7-13-10-12(16(20)21)11-15(18-13)19-14-8-5-6-9-17(14,2)3/h10-11,14H,4-9H2,1-3H3,(H,18,19)(H,20,21). The second-order valence-corrected chi connectivity index (χ2v) is 6.72. The average Bonchev–Trinajstić information content (AvgIpc) is 2.41. The molecule has 1 aromatic heterocycles. The van der Waals surface area contributed by atoms with Gasteiger partial charge in [-0.2, -0.15) is 0 Å². The van der Waals surface area contributed by atoms with Crippen LogP contribution < -0.4 is 5.32 Å². The summed E-state index contributed by atoms with van der Waals surface area (Å²) >= 11 is 0. The highest BCUT2D eigenvalue weighted by molar-refractivity contribution is 5.88. The Morgan fingerprint density at radius 1 is 1.43 bits per heavy atom. The number of aromatic carboxylic acids is 1. The molecule has 1 aliphatic rings. The second kappa shape index (κ2) is 6.46. The van der Waals surface area contributed by atoms with Crippen molar-refractivity contribution in [2.75, 3.05) is 5.32 Å². The maximum atomic E-state index is 11.3. The molecule has 2 rings (SSSR count). The lowest BCUT2D eigenvalue weighted by Crippen LogP contribution is -2.39. The molecule has 1 saturated carbocycles. The van der Waals surface area contributed by atoms with E-state index in [-0.39, 0.29) is 5.41 Å². The molecule has 1 unspecified atom stereocenters. The van der Waals surface area contributed by atoms with Crippen LogP contribution in [0.15, 0.2) is 12.1 Å². The number of carboxylic acids is 1. The molecule has 2 N–H and O–H groups in total. The number of aromatic nitrogens is 1. The predicted octanol–water partition coefficient (Wildman–Crippen LogP) is 4.11. The van der Waals surface area contributed by atoms with E-state index in [4.69, 9.17) is 0 Å². The summed E-state index contributed by atoms with van der Waals surface area (Å²) in [5, 5.41) is 12.7. The molecule has 1 heterocycles. The normalized spacial score (nSPS) is 21.0. The molecule has 0 aromatic carbocycles. The minimum absolute atomic E-state index is 0.226. The Kier molecular flexibility index (Phi) is 4.86. The fraction of sp³-hybridized carbons (Fsp3) is 0.647. The van der Waals surface area contributed by atoms with Crippen molar-refractivity contribution >= 4 is 11.8 Å². The fourth-order valence-electron chi connectivity index (χ4n) is 3.11. The van der Waals surface area contributed by atoms with Crippen LogP contribution in [0, 0.1) is 5.41 Å². The summed E-state index contributed by atoms with van der Waals surface area (Å²) in [6.07, 6.45) is 6.59. The first-order valence-corrected chi connectivity index (χ1v) is 7.93. The zero-order valence-electron chi connectivity index (χ0n) is 13.3. The summed E-state index contributed by atoms with van der Waals surface area (Å²) in [6, 6.07) is 3.70. The number of hydrogen-bond donors (Lipinski definition) is 2. The molecule has 0 amide bonds. The van der Waals surface area contributed by atoms with Crippen LogP contribution in [0.4, 0.5) is 5.82 Å². The molecule has 1 fully saturated rings. The number of nitrogens with one attached hydrogen (secondary N) is 1. The Labute approximate surface area is 127 Å². The molecule has 1 aromatic rings. The van der Waals surface area contributed by atoms with E-state index in [2.05, 4.69) is 31.1 Å². The molecule has 0 saturated heterocycles. The number of rotatable bonds is 5. The molecule has 0 radical (unpaired) electrons. The number of carbonyl (C=O) groups is 1. The van der Waals surface area contributed by atoms with Gasteiger partial charge in [-0.3, -0.25) is 0 Å². The quantitative estimate of drug-likeness (QED) is 0.856. The molecule has 21 heavy (non-hydrogen) atoms. The van der Waals surface area contributed by atoms with E-state index >= 15 is 0 Å². The van der Waals surface area contributed by atoms with Crippen molar-refractivity contribution in [3.63, 3.8) is 0 Å². The van der Waals surface area contributed by atoms with Crippen LogP contribution >= 0.6 is 0 Å². The molecule has 4 heteroatoms. The van der Waals surface area contributed by atoms with E-state index in [9.17, 15) is 9.90 Å². The average molecular weight is 290 g/mol. The van der Waals surface area contributed by atoms with Crippen molar-refractivity contribution in [3.05, 3.63) is 23.4 Å². The van der Waals surface area contributed by atoms with Gasteiger partial charge >= 0.3 is 5.97 Å². The molecule has 4 nitrogen and oxygen atoms in total. The molecule has 1 aliphatic carbocycles. The first-order valence-electron chi connectivity index (χ1n) is 7.93. The summed E-state index contributed by atoms with van der Waals surface area (Å²) in [4.78, 5) is 15.9. The van der Waals surface area contributed by atoms with Crippen molar-refractivity contribution in [3.8, 4) is 0 Å². The summed E-state index contributed by atoms with van der Waals surface area (Å²) < 4.78 is 0. The third-order valence-electron chi connectivity index (χ3n) is 4.46. The van der Waals surface area contributed by atoms with Gasteiger partial charge in [0, 0.05) is 11.7 Å². The Hall–Kier alpha value is -1.58. The smallest absolute Gasteiger partial charge is 0.335 e. The third-order valence-corrected chi connectivity index (χ3v) is 4.46. The van der Waals surface area contributed by atoms with Gasteiger partial charge in [0.1, 0.15) is 5.82 Å². The van der Waals surface area contributed by atoms with Crippen molar-refractivity contribution in [1.29, 1.82) is 0 Å². The van der Waals surface area contributed by atoms with Crippen LogP contribution in [0.25, 0.3) is 0 Å². The molecular weight excluding hydrogens is 264 g/mol. The largest absolute Gasteiger partial charge is 0.478 e. The van der Waals surface area contributed by atoms with Gasteiger partial charge in [0.2, 0.25) is 0 Å². The highest BCUT2D eigenvalue weighted by Gasteiger charge is 2.32. The van der Waals surface area contributed by atoms with Gasteiger partial charge in [-0.25, -0.2) is 9.78 Å². The lowest BCUT2D eigenvalue weighted by molar-refractivity contribution is 0.0696. The molecule has 1 atom stereocenters. The minimum atomic E-state index is -0.888. The van der Waals surface area contributed by atoms with Crippen LogP contribution in [0.3, 0.4) is 0 Å². The van der Waals surface area contributed by atoms with Gasteiger partial charge in [0.25, 0.3) is 0 Å². The second-order valence-electron chi connectivity index (χ2n) is 6.72. The Balaban J connectivity index is 2.23. The molecule has 0 bridgehead atoms. The zero-order chi connectivity index (χ0) is 15.5. The van der Waals surface area contributed by atoms with Gasteiger partial charge in [-0.15, -0.1) is 0 Å². The number of nitrogens with zero attached hydrogens (tertiary/aromatic N) is 1. The van der Waals surface area contributed by atoms with E-state index in [1.54, 1.807) is 12.1 Å². The SMILES string of the molecule is CCCc1cc(C(=O)O)cc(NC2CCCCC2(C)C)n1. The monoisotopic (exact) mass is 290 g/mol. The first kappa shape index (κ1) is 15.8. The van der Waals surface area contributed by atoms with Crippen molar-refractivity contribution in [2.45, 2.75) is 65.3 Å². The molecule has 0 spiro atoms. The van der Waals surface area contributed by atoms with Gasteiger partial charge in [0.05, 0.1) is 5.56 Å². The van der Waals surface area contributed by atoms with Gasteiger partial charge < -0.3 is 10.4 Å². The van der Waals surface area contributed by atoms with Gasteiger partial charge in [-0.05, 0) is 36.8 Å². The Morgan fingerprint density at radius 2 is 2.19 bits per heavy atom. The van der Waals surface area contributed by atoms with Crippen molar-refractivity contribution in [1.82, 2.24) is 4.98 Å². The molecule has 116 valence electrons. The maximum Gasteiger partial charge on any atom is 0.335 e. The molecule has 0 aliphatic heterocycles.